The standard InChI is InChI=1S/C17H23N3O2S/c1-12(21)20(2)15-9-5-8-14(11-15)18-17(23)19-16(22)10-13-6-3-4-7-13/h5,8-9,11,13H,3-4,6-7,10H2,1-2H3,(H2,18,19,22,23). The molecule has 6 heteroatoms. The minimum absolute atomic E-state index is 0.0357. The molecule has 0 radical (unpaired) electrons. The summed E-state index contributed by atoms with van der Waals surface area (Å²) < 4.78 is 0. The number of benzene rings is 1. The van der Waals surface area contributed by atoms with E-state index in [1.165, 1.54) is 19.8 Å². The first-order valence-electron chi connectivity index (χ1n) is 7.91. The molecule has 1 aliphatic carbocycles. The fraction of sp³-hybridized carbons (Fsp3) is 0.471. The van der Waals surface area contributed by atoms with Crippen LogP contribution in [0.3, 0.4) is 0 Å². The number of carbonyl (C=O) groups excluding carboxylic acids is 2. The van der Waals surface area contributed by atoms with E-state index in [0.717, 1.165) is 24.2 Å². The predicted molar refractivity (Wildman–Crippen MR) is 96.5 cm³/mol. The molecule has 2 N–H and O–H groups in total. The second kappa shape index (κ2) is 8.06. The van der Waals surface area contributed by atoms with Crippen LogP contribution in [0.4, 0.5) is 11.4 Å². The van der Waals surface area contributed by atoms with Gasteiger partial charge in [0, 0.05) is 31.8 Å². The van der Waals surface area contributed by atoms with E-state index in [1.807, 2.05) is 24.3 Å². The highest BCUT2D eigenvalue weighted by atomic mass is 32.1. The lowest BCUT2D eigenvalue weighted by Gasteiger charge is -2.17. The van der Waals surface area contributed by atoms with Gasteiger partial charge in [0.1, 0.15) is 0 Å². The molecule has 0 spiro atoms. The number of thiocarbonyl (C=S) groups is 1. The Morgan fingerprint density at radius 3 is 2.65 bits per heavy atom. The lowest BCUT2D eigenvalue weighted by Crippen LogP contribution is -2.35. The second-order valence-corrected chi connectivity index (χ2v) is 6.39. The summed E-state index contributed by atoms with van der Waals surface area (Å²) in [5.41, 5.74) is 1.50. The van der Waals surface area contributed by atoms with Crippen LogP contribution < -0.4 is 15.5 Å². The Morgan fingerprint density at radius 2 is 2.00 bits per heavy atom. The minimum Gasteiger partial charge on any atom is -0.332 e. The second-order valence-electron chi connectivity index (χ2n) is 5.99. The zero-order chi connectivity index (χ0) is 16.8. The molecule has 0 heterocycles. The SMILES string of the molecule is CC(=O)N(C)c1cccc(NC(=S)NC(=O)CC2CCCC2)c1. The van der Waals surface area contributed by atoms with Gasteiger partial charge in [-0.2, -0.15) is 0 Å². The molecule has 1 aromatic carbocycles. The highest BCUT2D eigenvalue weighted by Gasteiger charge is 2.18. The quantitative estimate of drug-likeness (QED) is 0.831. The first-order valence-corrected chi connectivity index (χ1v) is 8.31. The van der Waals surface area contributed by atoms with Gasteiger partial charge in [0.25, 0.3) is 0 Å². The van der Waals surface area contributed by atoms with Crippen molar-refractivity contribution >= 4 is 40.5 Å². The Balaban J connectivity index is 1.88. The topological polar surface area (TPSA) is 61.4 Å². The molecule has 0 saturated heterocycles. The van der Waals surface area contributed by atoms with Crippen LogP contribution in [-0.2, 0) is 9.59 Å². The van der Waals surface area contributed by atoms with Crippen LogP contribution in [0.5, 0.6) is 0 Å². The van der Waals surface area contributed by atoms with Crippen LogP contribution in [0.25, 0.3) is 0 Å². The number of anilines is 2. The molecule has 0 atom stereocenters. The van der Waals surface area contributed by atoms with Crippen molar-refractivity contribution in [1.82, 2.24) is 5.32 Å². The predicted octanol–water partition coefficient (Wildman–Crippen LogP) is 3.06. The van der Waals surface area contributed by atoms with Gasteiger partial charge in [-0.05, 0) is 49.2 Å². The Labute approximate surface area is 142 Å². The van der Waals surface area contributed by atoms with Gasteiger partial charge in [0.15, 0.2) is 5.11 Å². The normalized spacial score (nSPS) is 14.3. The molecule has 2 rings (SSSR count). The number of carbonyl (C=O) groups is 2. The van der Waals surface area contributed by atoms with Crippen molar-refractivity contribution in [3.8, 4) is 0 Å². The smallest absolute Gasteiger partial charge is 0.226 e. The van der Waals surface area contributed by atoms with Crippen LogP contribution in [0.15, 0.2) is 24.3 Å². The highest BCUT2D eigenvalue weighted by molar-refractivity contribution is 7.80. The van der Waals surface area contributed by atoms with Gasteiger partial charge in [0.05, 0.1) is 0 Å². The van der Waals surface area contributed by atoms with Crippen LogP contribution >= 0.6 is 12.2 Å². The molecule has 2 amide bonds. The van der Waals surface area contributed by atoms with Gasteiger partial charge in [-0.15, -0.1) is 0 Å². The fourth-order valence-electron chi connectivity index (χ4n) is 2.79. The number of nitrogens with one attached hydrogen (secondary N) is 2. The maximum absolute atomic E-state index is 12.0. The average molecular weight is 333 g/mol. The number of amides is 2. The summed E-state index contributed by atoms with van der Waals surface area (Å²) in [7, 11) is 1.71. The number of rotatable bonds is 4. The number of nitrogens with zero attached hydrogens (tertiary/aromatic N) is 1. The maximum atomic E-state index is 12.0. The molecule has 1 saturated carbocycles. The Kier molecular flexibility index (Phi) is 6.10. The molecule has 23 heavy (non-hydrogen) atoms. The van der Waals surface area contributed by atoms with Crippen LogP contribution in [0, 0.1) is 5.92 Å². The van der Waals surface area contributed by atoms with Gasteiger partial charge in [0.2, 0.25) is 11.8 Å². The summed E-state index contributed by atoms with van der Waals surface area (Å²) in [6, 6.07) is 7.33. The van der Waals surface area contributed by atoms with Crippen molar-refractivity contribution in [2.75, 3.05) is 17.3 Å². The molecular weight excluding hydrogens is 310 g/mol. The Bertz CT molecular complexity index is 597. The van der Waals surface area contributed by atoms with Gasteiger partial charge in [-0.1, -0.05) is 18.9 Å². The van der Waals surface area contributed by atoms with Crippen LogP contribution in [0.1, 0.15) is 39.0 Å². The van der Waals surface area contributed by atoms with Crippen molar-refractivity contribution in [3.63, 3.8) is 0 Å². The zero-order valence-corrected chi connectivity index (χ0v) is 14.4. The van der Waals surface area contributed by atoms with Gasteiger partial charge >= 0.3 is 0 Å². The van der Waals surface area contributed by atoms with Crippen molar-refractivity contribution in [3.05, 3.63) is 24.3 Å². The van der Waals surface area contributed by atoms with Gasteiger partial charge in [-0.3, -0.25) is 9.59 Å². The number of hydrogen-bond acceptors (Lipinski definition) is 3. The Hall–Kier alpha value is -1.95. The first-order chi connectivity index (χ1) is 11.0. The van der Waals surface area contributed by atoms with E-state index in [-0.39, 0.29) is 16.9 Å². The summed E-state index contributed by atoms with van der Waals surface area (Å²) in [6.07, 6.45) is 5.24. The van der Waals surface area contributed by atoms with Crippen molar-refractivity contribution in [2.24, 2.45) is 5.92 Å². The summed E-state index contributed by atoms with van der Waals surface area (Å²) in [5, 5.41) is 6.01. The minimum atomic E-state index is -0.0467. The van der Waals surface area contributed by atoms with Crippen molar-refractivity contribution in [2.45, 2.75) is 39.0 Å². The highest BCUT2D eigenvalue weighted by Crippen LogP contribution is 2.27. The first kappa shape index (κ1) is 17.4. The molecule has 124 valence electrons. The molecule has 1 fully saturated rings. The molecule has 1 aliphatic rings. The number of hydrogen-bond donors (Lipinski definition) is 2. The summed E-state index contributed by atoms with van der Waals surface area (Å²) in [4.78, 5) is 24.9. The third-order valence-corrected chi connectivity index (χ3v) is 4.37. The monoisotopic (exact) mass is 333 g/mol. The summed E-state index contributed by atoms with van der Waals surface area (Å²) in [6.45, 7) is 1.51. The van der Waals surface area contributed by atoms with E-state index in [4.69, 9.17) is 12.2 Å². The molecule has 0 aromatic heterocycles. The lowest BCUT2D eigenvalue weighted by molar-refractivity contribution is -0.120. The zero-order valence-electron chi connectivity index (χ0n) is 13.6. The van der Waals surface area contributed by atoms with Crippen LogP contribution in [-0.4, -0.2) is 24.0 Å². The average Bonchev–Trinajstić information content (AvgIpc) is 2.99. The molecule has 0 bridgehead atoms. The van der Waals surface area contributed by atoms with E-state index < -0.39 is 0 Å². The van der Waals surface area contributed by atoms with E-state index in [0.29, 0.717) is 12.3 Å². The van der Waals surface area contributed by atoms with Crippen LogP contribution in [0.2, 0.25) is 0 Å². The van der Waals surface area contributed by atoms with Gasteiger partial charge < -0.3 is 15.5 Å². The van der Waals surface area contributed by atoms with E-state index in [9.17, 15) is 9.59 Å². The Morgan fingerprint density at radius 1 is 1.30 bits per heavy atom. The fourth-order valence-corrected chi connectivity index (χ4v) is 3.02. The largest absolute Gasteiger partial charge is 0.332 e. The van der Waals surface area contributed by atoms with Gasteiger partial charge in [-0.25, -0.2) is 0 Å². The molecule has 1 aromatic rings. The summed E-state index contributed by atoms with van der Waals surface area (Å²) in [5.74, 6) is 0.409. The molecule has 0 aliphatic heterocycles. The maximum Gasteiger partial charge on any atom is 0.226 e. The van der Waals surface area contributed by atoms with E-state index in [1.54, 1.807) is 11.9 Å². The summed E-state index contributed by atoms with van der Waals surface area (Å²) >= 11 is 5.19. The van der Waals surface area contributed by atoms with E-state index in [2.05, 4.69) is 10.6 Å². The van der Waals surface area contributed by atoms with Crippen molar-refractivity contribution < 1.29 is 9.59 Å². The molecule has 0 unspecified atom stereocenters. The lowest BCUT2D eigenvalue weighted by atomic mass is 10.0. The third kappa shape index (κ3) is 5.32. The molecule has 5 nitrogen and oxygen atoms in total. The van der Waals surface area contributed by atoms with E-state index >= 15 is 0 Å². The van der Waals surface area contributed by atoms with Crippen molar-refractivity contribution in [1.29, 1.82) is 0 Å². The molecular formula is C17H23N3O2S. The third-order valence-electron chi connectivity index (χ3n) is 4.17.